The van der Waals surface area contributed by atoms with Gasteiger partial charge in [-0.1, -0.05) is 0 Å². The van der Waals surface area contributed by atoms with Gasteiger partial charge in [-0.3, -0.25) is 9.35 Å². The molecule has 0 bridgehead atoms. The summed E-state index contributed by atoms with van der Waals surface area (Å²) in [6.45, 7) is 0. The summed E-state index contributed by atoms with van der Waals surface area (Å²) in [5.74, 6) is -0.453. The van der Waals surface area contributed by atoms with E-state index in [1.807, 2.05) is 0 Å². The minimum absolute atomic E-state index is 0.0303. The smallest absolute Gasteiger partial charge is 0.296 e. The van der Waals surface area contributed by atoms with E-state index in [2.05, 4.69) is 25.8 Å². The summed E-state index contributed by atoms with van der Waals surface area (Å²) < 4.78 is 32.2. The number of carbonyl (C=O) groups excluding carboxylic acids is 1. The number of carbonyl (C=O) groups is 1. The molecule has 0 atom stereocenters. The first kappa shape index (κ1) is 18.4. The SMILES string of the molecule is CN=Nc1ccc(C(=O)Nc2ccc(N=NC)c(S(=O)(=O)O)c2)cc1. The molecule has 1 amide bonds. The normalized spacial score (nSPS) is 12.0. The van der Waals surface area contributed by atoms with Crippen LogP contribution in [-0.4, -0.2) is 33.0 Å². The van der Waals surface area contributed by atoms with E-state index in [4.69, 9.17) is 0 Å². The highest BCUT2D eigenvalue weighted by atomic mass is 32.2. The lowest BCUT2D eigenvalue weighted by Gasteiger charge is -2.08. The van der Waals surface area contributed by atoms with Crippen LogP contribution in [0.5, 0.6) is 0 Å². The van der Waals surface area contributed by atoms with Gasteiger partial charge in [-0.05, 0) is 42.5 Å². The molecular weight excluding hydrogens is 346 g/mol. The zero-order chi connectivity index (χ0) is 18.4. The van der Waals surface area contributed by atoms with E-state index in [9.17, 15) is 17.8 Å². The molecule has 0 fully saturated rings. The highest BCUT2D eigenvalue weighted by Crippen LogP contribution is 2.28. The van der Waals surface area contributed by atoms with Gasteiger partial charge >= 0.3 is 0 Å². The van der Waals surface area contributed by atoms with Crippen molar-refractivity contribution in [1.29, 1.82) is 0 Å². The fourth-order valence-corrected chi connectivity index (χ4v) is 2.64. The Kier molecular flexibility index (Phi) is 5.67. The zero-order valence-electron chi connectivity index (χ0n) is 13.4. The third kappa shape index (κ3) is 4.75. The minimum Gasteiger partial charge on any atom is -0.322 e. The van der Waals surface area contributed by atoms with Crippen molar-refractivity contribution in [3.05, 3.63) is 48.0 Å². The van der Waals surface area contributed by atoms with Crippen molar-refractivity contribution >= 4 is 33.1 Å². The van der Waals surface area contributed by atoms with Gasteiger partial charge in [-0.2, -0.15) is 28.9 Å². The zero-order valence-corrected chi connectivity index (χ0v) is 14.2. The first-order valence-electron chi connectivity index (χ1n) is 6.98. The van der Waals surface area contributed by atoms with Crippen molar-refractivity contribution < 1.29 is 17.8 Å². The number of nitrogens with one attached hydrogen (secondary N) is 1. The summed E-state index contributed by atoms with van der Waals surface area (Å²) in [5, 5.41) is 17.1. The molecule has 2 N–H and O–H groups in total. The quantitative estimate of drug-likeness (QED) is 0.621. The van der Waals surface area contributed by atoms with Gasteiger partial charge in [0.25, 0.3) is 16.0 Å². The van der Waals surface area contributed by atoms with Crippen molar-refractivity contribution in [2.45, 2.75) is 4.90 Å². The molecule has 10 heteroatoms. The highest BCUT2D eigenvalue weighted by molar-refractivity contribution is 7.86. The maximum atomic E-state index is 12.2. The number of azo groups is 2. The number of nitrogens with zero attached hydrogens (tertiary/aromatic N) is 4. The van der Waals surface area contributed by atoms with Crippen molar-refractivity contribution in [2.24, 2.45) is 20.5 Å². The molecular formula is C15H15N5O4S. The van der Waals surface area contributed by atoms with Crippen molar-refractivity contribution in [2.75, 3.05) is 19.4 Å². The molecule has 0 unspecified atom stereocenters. The summed E-state index contributed by atoms with van der Waals surface area (Å²) in [6, 6.07) is 10.3. The number of hydrogen-bond donors (Lipinski definition) is 2. The molecule has 0 saturated carbocycles. The Balaban J connectivity index is 2.29. The molecule has 130 valence electrons. The number of anilines is 1. The van der Waals surface area contributed by atoms with Crippen LogP contribution >= 0.6 is 0 Å². The number of amides is 1. The van der Waals surface area contributed by atoms with Crippen LogP contribution in [0.15, 0.2) is 67.8 Å². The number of benzene rings is 2. The Bertz CT molecular complexity index is 937. The summed E-state index contributed by atoms with van der Waals surface area (Å²) in [7, 11) is -1.62. The Morgan fingerprint density at radius 1 is 1.00 bits per heavy atom. The van der Waals surface area contributed by atoms with Crippen molar-refractivity contribution in [1.82, 2.24) is 0 Å². The Labute approximate surface area is 144 Å². The van der Waals surface area contributed by atoms with Crippen LogP contribution in [0.1, 0.15) is 10.4 Å². The number of rotatable bonds is 5. The third-order valence-electron chi connectivity index (χ3n) is 3.05. The second-order valence-corrected chi connectivity index (χ2v) is 6.15. The van der Waals surface area contributed by atoms with Crippen LogP contribution < -0.4 is 5.32 Å². The maximum absolute atomic E-state index is 12.2. The largest absolute Gasteiger partial charge is 0.322 e. The third-order valence-corrected chi connectivity index (χ3v) is 3.93. The molecule has 25 heavy (non-hydrogen) atoms. The summed E-state index contributed by atoms with van der Waals surface area (Å²) in [5.41, 5.74) is 1.10. The molecule has 0 radical (unpaired) electrons. The van der Waals surface area contributed by atoms with Gasteiger partial charge in [0.2, 0.25) is 0 Å². The fraction of sp³-hybridized carbons (Fsp3) is 0.133. The molecule has 0 spiro atoms. The van der Waals surface area contributed by atoms with Crippen molar-refractivity contribution in [3.63, 3.8) is 0 Å². The molecule has 0 aromatic heterocycles. The van der Waals surface area contributed by atoms with Crippen LogP contribution in [0.3, 0.4) is 0 Å². The average molecular weight is 361 g/mol. The maximum Gasteiger partial charge on any atom is 0.296 e. The van der Waals surface area contributed by atoms with E-state index in [1.165, 1.54) is 26.2 Å². The standard InChI is InChI=1S/C15H15N5O4S/c1-16-19-11-5-3-10(4-6-11)15(21)18-12-7-8-13(20-17-2)14(9-12)25(22,23)24/h3-9H,1-2H3,(H,18,21)(H,22,23,24). The van der Waals surface area contributed by atoms with Crippen LogP contribution in [-0.2, 0) is 10.1 Å². The molecule has 2 aromatic rings. The van der Waals surface area contributed by atoms with Crippen LogP contribution in [0, 0.1) is 0 Å². The van der Waals surface area contributed by atoms with E-state index in [1.54, 1.807) is 24.3 Å². The molecule has 0 saturated heterocycles. The van der Waals surface area contributed by atoms with Gasteiger partial charge in [0.05, 0.1) is 5.69 Å². The van der Waals surface area contributed by atoms with Gasteiger partial charge in [-0.25, -0.2) is 0 Å². The molecule has 0 heterocycles. The van der Waals surface area contributed by atoms with Gasteiger partial charge in [0, 0.05) is 25.3 Å². The second-order valence-electron chi connectivity index (χ2n) is 4.76. The predicted octanol–water partition coefficient (Wildman–Crippen LogP) is 3.61. The molecule has 2 aromatic carbocycles. The molecule has 2 rings (SSSR count). The average Bonchev–Trinajstić information content (AvgIpc) is 2.56. The predicted molar refractivity (Wildman–Crippen MR) is 91.5 cm³/mol. The van der Waals surface area contributed by atoms with Crippen LogP contribution in [0.4, 0.5) is 17.1 Å². The molecule has 0 aliphatic heterocycles. The molecule has 9 nitrogen and oxygen atoms in total. The Morgan fingerprint density at radius 3 is 2.20 bits per heavy atom. The van der Waals surface area contributed by atoms with E-state index < -0.39 is 20.9 Å². The monoisotopic (exact) mass is 361 g/mol. The van der Waals surface area contributed by atoms with E-state index in [0.717, 1.165) is 6.07 Å². The minimum atomic E-state index is -4.52. The fourth-order valence-electron chi connectivity index (χ4n) is 1.99. The van der Waals surface area contributed by atoms with Gasteiger partial charge in [-0.15, -0.1) is 0 Å². The first-order chi connectivity index (χ1) is 11.8. The molecule has 0 aliphatic carbocycles. The van der Waals surface area contributed by atoms with E-state index in [-0.39, 0.29) is 11.4 Å². The summed E-state index contributed by atoms with van der Waals surface area (Å²) in [4.78, 5) is 11.8. The van der Waals surface area contributed by atoms with Gasteiger partial charge in [0.1, 0.15) is 10.6 Å². The lowest BCUT2D eigenvalue weighted by molar-refractivity contribution is 0.102. The summed E-state index contributed by atoms with van der Waals surface area (Å²) >= 11 is 0. The lowest BCUT2D eigenvalue weighted by Crippen LogP contribution is -2.12. The molecule has 0 aliphatic rings. The topological polar surface area (TPSA) is 133 Å². The Hall–Kier alpha value is -2.98. The van der Waals surface area contributed by atoms with E-state index >= 15 is 0 Å². The van der Waals surface area contributed by atoms with Crippen LogP contribution in [0.2, 0.25) is 0 Å². The lowest BCUT2D eigenvalue weighted by atomic mass is 10.2. The van der Waals surface area contributed by atoms with Crippen LogP contribution in [0.25, 0.3) is 0 Å². The van der Waals surface area contributed by atoms with E-state index in [0.29, 0.717) is 11.3 Å². The van der Waals surface area contributed by atoms with Gasteiger partial charge in [0.15, 0.2) is 0 Å². The summed E-state index contributed by atoms with van der Waals surface area (Å²) in [6.07, 6.45) is 0. The van der Waals surface area contributed by atoms with Gasteiger partial charge < -0.3 is 5.32 Å². The first-order valence-corrected chi connectivity index (χ1v) is 8.42. The van der Waals surface area contributed by atoms with Crippen molar-refractivity contribution in [3.8, 4) is 0 Å². The highest BCUT2D eigenvalue weighted by Gasteiger charge is 2.17. The second kappa shape index (κ2) is 7.73. The number of hydrogen-bond acceptors (Lipinski definition) is 7. The Morgan fingerprint density at radius 2 is 1.64 bits per heavy atom.